The topological polar surface area (TPSA) is 76.1 Å². The lowest BCUT2D eigenvalue weighted by molar-refractivity contribution is -0.139. The van der Waals surface area contributed by atoms with Crippen LogP contribution in [0.4, 0.5) is 4.39 Å². The van der Waals surface area contributed by atoms with Gasteiger partial charge in [0.15, 0.2) is 0 Å². The van der Waals surface area contributed by atoms with E-state index in [0.29, 0.717) is 28.5 Å². The highest BCUT2D eigenvalue weighted by molar-refractivity contribution is 6.46. The van der Waals surface area contributed by atoms with Crippen LogP contribution < -0.4 is 9.47 Å². The molecule has 0 saturated carbocycles. The summed E-state index contributed by atoms with van der Waals surface area (Å²) in [6.07, 6.45) is 0.308. The molecule has 1 unspecified atom stereocenters. The van der Waals surface area contributed by atoms with E-state index >= 15 is 0 Å². The number of amides is 1. The van der Waals surface area contributed by atoms with E-state index in [4.69, 9.17) is 21.1 Å². The summed E-state index contributed by atoms with van der Waals surface area (Å²) in [5, 5.41) is 11.6. The minimum Gasteiger partial charge on any atom is -0.507 e. The first-order valence-corrected chi connectivity index (χ1v) is 12.2. The van der Waals surface area contributed by atoms with Gasteiger partial charge in [-0.15, -0.1) is 0 Å². The molecule has 0 spiro atoms. The largest absolute Gasteiger partial charge is 0.507 e. The molecule has 1 saturated heterocycles. The zero-order valence-corrected chi connectivity index (χ0v) is 21.5. The molecule has 37 heavy (non-hydrogen) atoms. The monoisotopic (exact) mass is 523 g/mol. The number of benzene rings is 3. The molecular weight excluding hydrogens is 497 g/mol. The van der Waals surface area contributed by atoms with Crippen LogP contribution in [0.25, 0.3) is 5.76 Å². The summed E-state index contributed by atoms with van der Waals surface area (Å²) in [4.78, 5) is 28.0. The molecule has 1 fully saturated rings. The Morgan fingerprint density at radius 1 is 1.08 bits per heavy atom. The Morgan fingerprint density at radius 3 is 2.49 bits per heavy atom. The predicted molar refractivity (Wildman–Crippen MR) is 139 cm³/mol. The van der Waals surface area contributed by atoms with Crippen molar-refractivity contribution in [3.8, 4) is 11.5 Å². The summed E-state index contributed by atoms with van der Waals surface area (Å²) in [6.45, 7) is 3.97. The molecule has 1 aliphatic rings. The molecule has 4 rings (SSSR count). The highest BCUT2D eigenvalue weighted by Gasteiger charge is 2.46. The first-order chi connectivity index (χ1) is 17.7. The fraction of sp³-hybridized carbons (Fsp3) is 0.241. The Hall–Kier alpha value is -3.84. The molecule has 3 aromatic rings. The molecule has 1 heterocycles. The molecule has 1 aliphatic heterocycles. The van der Waals surface area contributed by atoms with E-state index in [1.54, 1.807) is 48.5 Å². The summed E-state index contributed by atoms with van der Waals surface area (Å²) in [6, 6.07) is 16.8. The van der Waals surface area contributed by atoms with Crippen molar-refractivity contribution in [3.63, 3.8) is 0 Å². The molecule has 0 aromatic heterocycles. The van der Waals surface area contributed by atoms with Gasteiger partial charge in [0.25, 0.3) is 11.7 Å². The van der Waals surface area contributed by atoms with Crippen molar-refractivity contribution < 1.29 is 28.6 Å². The van der Waals surface area contributed by atoms with Crippen LogP contribution in [0.2, 0.25) is 5.02 Å². The van der Waals surface area contributed by atoms with Crippen LogP contribution >= 0.6 is 11.6 Å². The van der Waals surface area contributed by atoms with Gasteiger partial charge in [0.2, 0.25) is 0 Å². The van der Waals surface area contributed by atoms with E-state index in [-0.39, 0.29) is 35.4 Å². The Balaban J connectivity index is 1.81. The van der Waals surface area contributed by atoms with E-state index in [1.165, 1.54) is 30.2 Å². The second-order valence-corrected chi connectivity index (χ2v) is 9.36. The molecular formula is C29H27ClFNO5. The first-order valence-electron chi connectivity index (χ1n) is 11.8. The first kappa shape index (κ1) is 26.2. The number of carbonyl (C=O) groups is 2. The minimum atomic E-state index is -0.863. The predicted octanol–water partition coefficient (Wildman–Crippen LogP) is 5.94. The number of halogens is 2. The maximum Gasteiger partial charge on any atom is 0.295 e. The van der Waals surface area contributed by atoms with Gasteiger partial charge in [-0.1, -0.05) is 35.9 Å². The number of ketones is 1. The van der Waals surface area contributed by atoms with Crippen molar-refractivity contribution in [2.45, 2.75) is 32.4 Å². The van der Waals surface area contributed by atoms with Gasteiger partial charge in [0.05, 0.1) is 29.9 Å². The molecule has 1 amide bonds. The zero-order chi connectivity index (χ0) is 26.7. The standard InChI is InChI=1S/C29H27ClFNO5/c1-17(2)37-22-6-4-5-19(15-22)26-25(27(33)20-9-12-23(30)24(16-20)36-3)28(34)29(35)32(26)14-13-18-7-10-21(31)11-8-18/h4-12,15-17,26,33H,13-14H2,1-3H3/b27-25-. The number of carbonyl (C=O) groups excluding carboxylic acids is 2. The third-order valence-electron chi connectivity index (χ3n) is 6.06. The van der Waals surface area contributed by atoms with Crippen molar-refractivity contribution in [3.05, 3.63) is 99.8 Å². The number of methoxy groups -OCH3 is 1. The molecule has 0 aliphatic carbocycles. The maximum atomic E-state index is 13.4. The van der Waals surface area contributed by atoms with Crippen molar-refractivity contribution in [2.24, 2.45) is 0 Å². The van der Waals surface area contributed by atoms with Crippen LogP contribution in [0.1, 0.15) is 36.6 Å². The lowest BCUT2D eigenvalue weighted by atomic mass is 9.95. The molecule has 192 valence electrons. The summed E-state index contributed by atoms with van der Waals surface area (Å²) in [5.41, 5.74) is 1.66. The third-order valence-corrected chi connectivity index (χ3v) is 6.38. The van der Waals surface area contributed by atoms with Crippen LogP contribution in [0.15, 0.2) is 72.3 Å². The summed E-state index contributed by atoms with van der Waals surface area (Å²) >= 11 is 6.14. The van der Waals surface area contributed by atoms with Gasteiger partial charge in [-0.3, -0.25) is 9.59 Å². The van der Waals surface area contributed by atoms with Crippen LogP contribution in [0, 0.1) is 5.82 Å². The van der Waals surface area contributed by atoms with E-state index in [2.05, 4.69) is 0 Å². The quantitative estimate of drug-likeness (QED) is 0.225. The normalized spacial score (nSPS) is 16.9. The molecule has 6 nitrogen and oxygen atoms in total. The number of Topliss-reactive ketones (excluding diaryl/α,β-unsaturated/α-hetero) is 1. The van der Waals surface area contributed by atoms with E-state index in [0.717, 1.165) is 5.56 Å². The van der Waals surface area contributed by atoms with Crippen LogP contribution in [-0.4, -0.2) is 41.5 Å². The van der Waals surface area contributed by atoms with Crippen molar-refractivity contribution >= 4 is 29.1 Å². The average Bonchev–Trinajstić information content (AvgIpc) is 3.13. The molecule has 1 N–H and O–H groups in total. The Kier molecular flexibility index (Phi) is 7.83. The fourth-order valence-electron chi connectivity index (χ4n) is 4.35. The van der Waals surface area contributed by atoms with Gasteiger partial charge in [0.1, 0.15) is 23.1 Å². The lowest BCUT2D eigenvalue weighted by Crippen LogP contribution is -2.31. The molecule has 1 atom stereocenters. The number of aliphatic hydroxyl groups is 1. The number of rotatable bonds is 8. The molecule has 8 heteroatoms. The second kappa shape index (κ2) is 11.0. The van der Waals surface area contributed by atoms with Crippen LogP contribution in [-0.2, 0) is 16.0 Å². The van der Waals surface area contributed by atoms with Crippen molar-refractivity contribution in [1.82, 2.24) is 4.90 Å². The fourth-order valence-corrected chi connectivity index (χ4v) is 4.55. The summed E-state index contributed by atoms with van der Waals surface area (Å²) in [7, 11) is 1.44. The average molecular weight is 524 g/mol. The Morgan fingerprint density at radius 2 is 1.81 bits per heavy atom. The molecule has 0 bridgehead atoms. The van der Waals surface area contributed by atoms with E-state index in [1.807, 2.05) is 13.8 Å². The van der Waals surface area contributed by atoms with Gasteiger partial charge in [-0.25, -0.2) is 4.39 Å². The number of hydrogen-bond acceptors (Lipinski definition) is 5. The Bertz CT molecular complexity index is 1350. The number of hydrogen-bond donors (Lipinski definition) is 1. The van der Waals surface area contributed by atoms with Gasteiger partial charge < -0.3 is 19.5 Å². The molecule has 3 aromatic carbocycles. The van der Waals surface area contributed by atoms with E-state index < -0.39 is 17.7 Å². The highest BCUT2D eigenvalue weighted by Crippen LogP contribution is 2.41. The van der Waals surface area contributed by atoms with Gasteiger partial charge >= 0.3 is 0 Å². The van der Waals surface area contributed by atoms with Crippen LogP contribution in [0.3, 0.4) is 0 Å². The van der Waals surface area contributed by atoms with Gasteiger partial charge in [-0.2, -0.15) is 0 Å². The third kappa shape index (κ3) is 5.62. The number of aliphatic hydroxyl groups excluding tert-OH is 1. The van der Waals surface area contributed by atoms with Gasteiger partial charge in [0, 0.05) is 12.1 Å². The summed E-state index contributed by atoms with van der Waals surface area (Å²) in [5.74, 6) is -1.33. The minimum absolute atomic E-state index is 0.0461. The van der Waals surface area contributed by atoms with Crippen molar-refractivity contribution in [2.75, 3.05) is 13.7 Å². The number of ether oxygens (including phenoxy) is 2. The molecule has 0 radical (unpaired) electrons. The summed E-state index contributed by atoms with van der Waals surface area (Å²) < 4.78 is 24.5. The van der Waals surface area contributed by atoms with E-state index in [9.17, 15) is 19.1 Å². The number of likely N-dealkylation sites (tertiary alicyclic amines) is 1. The van der Waals surface area contributed by atoms with Crippen LogP contribution in [0.5, 0.6) is 11.5 Å². The maximum absolute atomic E-state index is 13.4. The van der Waals surface area contributed by atoms with Gasteiger partial charge in [-0.05, 0) is 73.9 Å². The Labute approximate surface area is 219 Å². The second-order valence-electron chi connectivity index (χ2n) is 8.96. The number of nitrogens with zero attached hydrogens (tertiary/aromatic N) is 1. The highest BCUT2D eigenvalue weighted by atomic mass is 35.5. The SMILES string of the molecule is COc1cc(/C(O)=C2/C(=O)C(=O)N(CCc3ccc(F)cc3)C2c2cccc(OC(C)C)c2)ccc1Cl. The smallest absolute Gasteiger partial charge is 0.295 e. The lowest BCUT2D eigenvalue weighted by Gasteiger charge is -2.26. The zero-order valence-electron chi connectivity index (χ0n) is 20.7. The van der Waals surface area contributed by atoms with Crippen molar-refractivity contribution in [1.29, 1.82) is 0 Å².